The van der Waals surface area contributed by atoms with Crippen molar-refractivity contribution >= 4 is 22.8 Å². The summed E-state index contributed by atoms with van der Waals surface area (Å²) in [6.07, 6.45) is 6.02. The second kappa shape index (κ2) is 8.78. The molecule has 7 nitrogen and oxygen atoms in total. The van der Waals surface area contributed by atoms with E-state index in [1.165, 1.54) is 12.8 Å². The normalized spacial score (nSPS) is 13.6. The largest absolute Gasteiger partial charge is 0.357 e. The molecule has 1 amide bonds. The van der Waals surface area contributed by atoms with Crippen LogP contribution in [0.2, 0.25) is 0 Å². The molecule has 1 fully saturated rings. The van der Waals surface area contributed by atoms with Gasteiger partial charge in [0.15, 0.2) is 5.65 Å². The number of pyridine rings is 2. The van der Waals surface area contributed by atoms with Gasteiger partial charge in [-0.15, -0.1) is 0 Å². The van der Waals surface area contributed by atoms with E-state index in [1.807, 2.05) is 66.3 Å². The number of carbonyl (C=O) groups is 1. The Hall–Kier alpha value is -3.74. The van der Waals surface area contributed by atoms with Gasteiger partial charge in [-0.1, -0.05) is 36.4 Å². The molecule has 3 aromatic heterocycles. The van der Waals surface area contributed by atoms with Gasteiger partial charge in [-0.25, -0.2) is 14.6 Å². The summed E-state index contributed by atoms with van der Waals surface area (Å²) in [6, 6.07) is 15.8. The third kappa shape index (κ3) is 3.93. The number of anilines is 1. The molecule has 4 aromatic rings. The quantitative estimate of drug-likeness (QED) is 0.504. The molecule has 1 aliphatic heterocycles. The van der Waals surface area contributed by atoms with Crippen LogP contribution in [-0.4, -0.2) is 38.7 Å². The number of carbonyl (C=O) groups excluding carboxylic acids is 1. The van der Waals surface area contributed by atoms with Crippen LogP contribution in [0.15, 0.2) is 60.9 Å². The molecule has 0 saturated carbocycles. The van der Waals surface area contributed by atoms with Crippen LogP contribution < -0.4 is 10.2 Å². The molecule has 1 N–H and O–H groups in total. The summed E-state index contributed by atoms with van der Waals surface area (Å²) in [4.78, 5) is 24.9. The van der Waals surface area contributed by atoms with Crippen LogP contribution in [0.4, 0.5) is 5.82 Å². The molecule has 5 rings (SSSR count). The van der Waals surface area contributed by atoms with E-state index in [1.54, 1.807) is 6.20 Å². The van der Waals surface area contributed by atoms with E-state index in [0.717, 1.165) is 46.8 Å². The highest BCUT2D eigenvalue weighted by Gasteiger charge is 2.17. The number of amides is 1. The number of benzene rings is 1. The highest BCUT2D eigenvalue weighted by atomic mass is 16.1. The fourth-order valence-corrected chi connectivity index (χ4v) is 4.16. The molecule has 7 heteroatoms. The highest BCUT2D eigenvalue weighted by molar-refractivity contribution is 6.06. The van der Waals surface area contributed by atoms with Gasteiger partial charge in [-0.3, -0.25) is 4.79 Å². The first-order valence-electron chi connectivity index (χ1n) is 11.1. The number of nitrogens with one attached hydrogen (secondary N) is 1. The lowest BCUT2D eigenvalue weighted by Crippen LogP contribution is -2.23. The Kier molecular flexibility index (Phi) is 5.54. The minimum absolute atomic E-state index is 0.145. The van der Waals surface area contributed by atoms with Crippen LogP contribution >= 0.6 is 0 Å². The summed E-state index contributed by atoms with van der Waals surface area (Å²) in [5, 5.41) is 8.22. The molecular weight excluding hydrogens is 400 g/mol. The van der Waals surface area contributed by atoms with Crippen molar-refractivity contribution < 1.29 is 4.79 Å². The summed E-state index contributed by atoms with van der Waals surface area (Å²) in [7, 11) is 0. The zero-order valence-electron chi connectivity index (χ0n) is 18.2. The molecule has 32 heavy (non-hydrogen) atoms. The van der Waals surface area contributed by atoms with E-state index in [2.05, 4.69) is 20.3 Å². The molecule has 0 spiro atoms. The van der Waals surface area contributed by atoms with E-state index in [4.69, 9.17) is 4.98 Å². The van der Waals surface area contributed by atoms with Crippen molar-refractivity contribution in [1.29, 1.82) is 0 Å². The van der Waals surface area contributed by atoms with Crippen molar-refractivity contribution in [3.63, 3.8) is 0 Å². The summed E-state index contributed by atoms with van der Waals surface area (Å²) in [5.74, 6) is 0.863. The molecule has 0 radical (unpaired) electrons. The number of hydrogen-bond acceptors (Lipinski definition) is 5. The number of nitrogens with zero attached hydrogens (tertiary/aromatic N) is 5. The lowest BCUT2D eigenvalue weighted by molar-refractivity contribution is 0.0952. The summed E-state index contributed by atoms with van der Waals surface area (Å²) >= 11 is 0. The number of aryl methyl sites for hydroxylation is 1. The summed E-state index contributed by atoms with van der Waals surface area (Å²) in [6.45, 7) is 5.25. The Labute approximate surface area is 187 Å². The maximum absolute atomic E-state index is 13.2. The Morgan fingerprint density at radius 2 is 1.88 bits per heavy atom. The van der Waals surface area contributed by atoms with E-state index in [9.17, 15) is 4.79 Å². The Balaban J connectivity index is 1.39. The second-order valence-corrected chi connectivity index (χ2v) is 8.02. The molecule has 0 atom stereocenters. The molecule has 4 heterocycles. The van der Waals surface area contributed by atoms with Gasteiger partial charge in [0.25, 0.3) is 5.91 Å². The van der Waals surface area contributed by atoms with Gasteiger partial charge in [0.2, 0.25) is 0 Å². The number of rotatable bonds is 6. The fourth-order valence-electron chi connectivity index (χ4n) is 4.16. The maximum atomic E-state index is 13.2. The zero-order valence-corrected chi connectivity index (χ0v) is 18.2. The van der Waals surface area contributed by atoms with Crippen molar-refractivity contribution in [2.75, 3.05) is 18.0 Å². The van der Waals surface area contributed by atoms with Crippen LogP contribution in [0.5, 0.6) is 0 Å². The average molecular weight is 427 g/mol. The van der Waals surface area contributed by atoms with Gasteiger partial charge < -0.3 is 10.2 Å². The molecule has 1 saturated heterocycles. The van der Waals surface area contributed by atoms with Crippen molar-refractivity contribution in [2.24, 2.45) is 0 Å². The molecule has 1 aromatic carbocycles. The fraction of sp³-hybridized carbons (Fsp3) is 0.280. The topological polar surface area (TPSA) is 75.9 Å². The first kappa shape index (κ1) is 20.2. The highest BCUT2D eigenvalue weighted by Crippen LogP contribution is 2.25. The summed E-state index contributed by atoms with van der Waals surface area (Å²) < 4.78 is 1.82. The third-order valence-electron chi connectivity index (χ3n) is 5.92. The Morgan fingerprint density at radius 1 is 1.06 bits per heavy atom. The van der Waals surface area contributed by atoms with Crippen molar-refractivity contribution in [1.82, 2.24) is 25.1 Å². The predicted molar refractivity (Wildman–Crippen MR) is 125 cm³/mol. The third-order valence-corrected chi connectivity index (χ3v) is 5.92. The maximum Gasteiger partial charge on any atom is 0.252 e. The van der Waals surface area contributed by atoms with Gasteiger partial charge in [0.05, 0.1) is 22.8 Å². The number of hydrogen-bond donors (Lipinski definition) is 1. The van der Waals surface area contributed by atoms with Crippen LogP contribution in [0.1, 0.15) is 35.7 Å². The standard InChI is InChI=1S/C25H26N6O/c1-2-31-24-21(17-28-31)20(14-22(29-24)19-8-4-3-5-9-19)25(32)27-16-18-10-11-23(26-15-18)30-12-6-7-13-30/h3-5,8-11,14-15,17H,2,6-7,12-13,16H2,1H3,(H,27,32). The predicted octanol–water partition coefficient (Wildman–Crippen LogP) is 4.04. The summed E-state index contributed by atoms with van der Waals surface area (Å²) in [5.41, 5.74) is 3.99. The second-order valence-electron chi connectivity index (χ2n) is 8.02. The van der Waals surface area contributed by atoms with Gasteiger partial charge in [0, 0.05) is 37.9 Å². The van der Waals surface area contributed by atoms with Crippen molar-refractivity contribution in [3.8, 4) is 11.3 Å². The Morgan fingerprint density at radius 3 is 2.59 bits per heavy atom. The van der Waals surface area contributed by atoms with Gasteiger partial charge >= 0.3 is 0 Å². The van der Waals surface area contributed by atoms with Gasteiger partial charge in [0.1, 0.15) is 5.82 Å². The minimum atomic E-state index is -0.145. The van der Waals surface area contributed by atoms with E-state index in [0.29, 0.717) is 18.7 Å². The molecular formula is C25H26N6O. The minimum Gasteiger partial charge on any atom is -0.357 e. The zero-order chi connectivity index (χ0) is 21.9. The molecule has 0 unspecified atom stereocenters. The van der Waals surface area contributed by atoms with Gasteiger partial charge in [-0.2, -0.15) is 5.10 Å². The molecule has 0 bridgehead atoms. The molecule has 162 valence electrons. The lowest BCUT2D eigenvalue weighted by atomic mass is 10.1. The van der Waals surface area contributed by atoms with E-state index >= 15 is 0 Å². The smallest absolute Gasteiger partial charge is 0.252 e. The Bertz CT molecular complexity index is 1230. The molecule has 1 aliphatic rings. The molecule has 0 aliphatic carbocycles. The van der Waals surface area contributed by atoms with Crippen molar-refractivity contribution in [3.05, 3.63) is 72.1 Å². The van der Waals surface area contributed by atoms with Crippen LogP contribution in [0.25, 0.3) is 22.3 Å². The van der Waals surface area contributed by atoms with Gasteiger partial charge in [-0.05, 0) is 37.5 Å². The van der Waals surface area contributed by atoms with Crippen molar-refractivity contribution in [2.45, 2.75) is 32.9 Å². The van der Waals surface area contributed by atoms with Crippen LogP contribution in [0, 0.1) is 0 Å². The van der Waals surface area contributed by atoms with Crippen LogP contribution in [0.3, 0.4) is 0 Å². The first-order valence-corrected chi connectivity index (χ1v) is 11.1. The van der Waals surface area contributed by atoms with E-state index < -0.39 is 0 Å². The SMILES string of the molecule is CCn1ncc2c(C(=O)NCc3ccc(N4CCCC4)nc3)cc(-c3ccccc3)nc21. The van der Waals surface area contributed by atoms with E-state index in [-0.39, 0.29) is 5.91 Å². The monoisotopic (exact) mass is 426 g/mol. The van der Waals surface area contributed by atoms with Crippen LogP contribution in [-0.2, 0) is 13.1 Å². The average Bonchev–Trinajstić information content (AvgIpc) is 3.53. The first-order chi connectivity index (χ1) is 15.7. The number of fused-ring (bicyclic) bond motifs is 1. The lowest BCUT2D eigenvalue weighted by Gasteiger charge is -2.16. The number of aromatic nitrogens is 4.